The topological polar surface area (TPSA) is 86.9 Å². The van der Waals surface area contributed by atoms with Crippen molar-refractivity contribution in [3.8, 4) is 11.4 Å². The first-order chi connectivity index (χ1) is 16.1. The minimum Gasteiger partial charge on any atom is -0.381 e. The van der Waals surface area contributed by atoms with Crippen LogP contribution >= 0.6 is 0 Å². The smallest absolute Gasteiger partial charge is 0.269 e. The minimum atomic E-state index is -0.130. The van der Waals surface area contributed by atoms with Crippen molar-refractivity contribution in [1.82, 2.24) is 29.6 Å². The molecule has 0 unspecified atom stereocenters. The van der Waals surface area contributed by atoms with Gasteiger partial charge < -0.3 is 14.6 Å². The van der Waals surface area contributed by atoms with Gasteiger partial charge in [-0.1, -0.05) is 6.07 Å². The van der Waals surface area contributed by atoms with Crippen molar-refractivity contribution in [3.63, 3.8) is 0 Å². The van der Waals surface area contributed by atoms with Gasteiger partial charge in [0.25, 0.3) is 5.91 Å². The lowest BCUT2D eigenvalue weighted by atomic mass is 10.0. The van der Waals surface area contributed by atoms with Gasteiger partial charge in [-0.3, -0.25) is 14.5 Å². The van der Waals surface area contributed by atoms with Crippen LogP contribution in [0.25, 0.3) is 22.4 Å². The largest absolute Gasteiger partial charge is 0.381 e. The van der Waals surface area contributed by atoms with E-state index in [9.17, 15) is 4.79 Å². The Bertz CT molecular complexity index is 1270. The third-order valence-electron chi connectivity index (χ3n) is 6.24. The normalized spacial score (nSPS) is 14.6. The summed E-state index contributed by atoms with van der Waals surface area (Å²) < 4.78 is 9.13. The molecule has 0 aromatic carbocycles. The number of fused-ring (bicyclic) bond motifs is 1. The predicted octanol–water partition coefficient (Wildman–Crippen LogP) is 3.12. The number of carbonyl (C=O) groups excluding carboxylic acids is 1. The third-order valence-corrected chi connectivity index (χ3v) is 6.24. The Balaban J connectivity index is 1.37. The molecule has 4 aromatic rings. The van der Waals surface area contributed by atoms with E-state index in [4.69, 9.17) is 4.74 Å². The van der Waals surface area contributed by atoms with Gasteiger partial charge in [0.2, 0.25) is 0 Å². The lowest BCUT2D eigenvalue weighted by molar-refractivity contribution is 0.0642. The molecule has 33 heavy (non-hydrogen) atoms. The summed E-state index contributed by atoms with van der Waals surface area (Å²) in [4.78, 5) is 22.2. The molecule has 0 radical (unpaired) electrons. The van der Waals surface area contributed by atoms with Crippen LogP contribution in [0.3, 0.4) is 0 Å². The molecule has 0 saturated carbocycles. The van der Waals surface area contributed by atoms with Gasteiger partial charge in [-0.2, -0.15) is 5.10 Å². The number of hydrogen-bond acceptors (Lipinski definition) is 5. The van der Waals surface area contributed by atoms with Crippen LogP contribution in [0.15, 0.2) is 48.9 Å². The maximum absolute atomic E-state index is 12.9. The number of hydrogen-bond donors (Lipinski definition) is 1. The molecule has 5 heterocycles. The molecule has 1 amide bonds. The van der Waals surface area contributed by atoms with E-state index < -0.39 is 0 Å². The number of rotatable bonds is 6. The van der Waals surface area contributed by atoms with Crippen LogP contribution in [-0.4, -0.2) is 50.0 Å². The zero-order valence-electron chi connectivity index (χ0n) is 19.0. The van der Waals surface area contributed by atoms with Crippen molar-refractivity contribution in [1.29, 1.82) is 0 Å². The van der Waals surface area contributed by atoms with Crippen molar-refractivity contribution in [2.24, 2.45) is 20.0 Å². The highest BCUT2D eigenvalue weighted by Crippen LogP contribution is 2.23. The van der Waals surface area contributed by atoms with Gasteiger partial charge >= 0.3 is 0 Å². The highest BCUT2D eigenvalue weighted by Gasteiger charge is 2.18. The van der Waals surface area contributed by atoms with Crippen LogP contribution in [0.1, 0.15) is 34.5 Å². The van der Waals surface area contributed by atoms with E-state index in [-0.39, 0.29) is 5.91 Å². The van der Waals surface area contributed by atoms with E-state index in [0.29, 0.717) is 24.6 Å². The molecule has 8 nitrogen and oxygen atoms in total. The van der Waals surface area contributed by atoms with Gasteiger partial charge in [-0.05, 0) is 60.6 Å². The molecule has 5 rings (SSSR count). The number of ether oxygens (including phenoxy) is 1. The van der Waals surface area contributed by atoms with Gasteiger partial charge in [0, 0.05) is 57.8 Å². The fourth-order valence-electron chi connectivity index (χ4n) is 4.29. The molecule has 0 atom stereocenters. The first kappa shape index (κ1) is 21.3. The number of aryl methyl sites for hydroxylation is 2. The van der Waals surface area contributed by atoms with Gasteiger partial charge in [-0.25, -0.2) is 4.98 Å². The summed E-state index contributed by atoms with van der Waals surface area (Å²) in [6, 6.07) is 9.97. The molecule has 1 fully saturated rings. The van der Waals surface area contributed by atoms with Crippen molar-refractivity contribution >= 4 is 16.9 Å². The van der Waals surface area contributed by atoms with Crippen LogP contribution in [0.4, 0.5) is 0 Å². The van der Waals surface area contributed by atoms with Crippen molar-refractivity contribution in [2.45, 2.75) is 19.3 Å². The van der Waals surface area contributed by atoms with Crippen LogP contribution in [0, 0.1) is 5.92 Å². The lowest BCUT2D eigenvalue weighted by Crippen LogP contribution is -2.32. The van der Waals surface area contributed by atoms with E-state index >= 15 is 0 Å². The van der Waals surface area contributed by atoms with Gasteiger partial charge in [-0.15, -0.1) is 0 Å². The summed E-state index contributed by atoms with van der Waals surface area (Å²) in [5.41, 5.74) is 5.07. The number of nitrogens with zero attached hydrogens (tertiary/aromatic N) is 5. The van der Waals surface area contributed by atoms with Crippen molar-refractivity contribution in [2.75, 3.05) is 19.8 Å². The molecule has 1 aliphatic rings. The zero-order chi connectivity index (χ0) is 22.8. The fourth-order valence-corrected chi connectivity index (χ4v) is 4.29. The van der Waals surface area contributed by atoms with E-state index in [1.165, 1.54) is 0 Å². The van der Waals surface area contributed by atoms with E-state index in [2.05, 4.69) is 32.5 Å². The summed E-state index contributed by atoms with van der Waals surface area (Å²) in [5.74, 6) is 0.332. The monoisotopic (exact) mass is 444 g/mol. The summed E-state index contributed by atoms with van der Waals surface area (Å²) in [6.07, 6.45) is 8.40. The van der Waals surface area contributed by atoms with Crippen LogP contribution in [-0.2, 0) is 25.3 Å². The molecule has 8 heteroatoms. The van der Waals surface area contributed by atoms with Crippen molar-refractivity contribution < 1.29 is 9.53 Å². The minimum absolute atomic E-state index is 0.130. The number of aromatic nitrogens is 5. The Labute approximate surface area is 192 Å². The second-order valence-corrected chi connectivity index (χ2v) is 8.70. The van der Waals surface area contributed by atoms with Gasteiger partial charge in [0.1, 0.15) is 17.0 Å². The number of carbonyl (C=O) groups is 1. The van der Waals surface area contributed by atoms with Crippen molar-refractivity contribution in [3.05, 3.63) is 65.7 Å². The van der Waals surface area contributed by atoms with Crippen LogP contribution in [0.2, 0.25) is 0 Å². The fraction of sp³-hybridized carbons (Fsp3) is 0.360. The standard InChI is InChI=1S/C25H28N6O2/c1-30-9-5-20-19(13-18-3-4-21(26-16-18)22-6-10-31(2)29-22)14-23(28-24(20)30)25(32)27-15-17-7-11-33-12-8-17/h3-6,9-10,14,16-17H,7-8,11-13,15H2,1-2H3,(H,27,32). The molecule has 4 aromatic heterocycles. The molecule has 0 aliphatic carbocycles. The molecule has 1 N–H and O–H groups in total. The van der Waals surface area contributed by atoms with Crippen LogP contribution in [0.5, 0.6) is 0 Å². The first-order valence-electron chi connectivity index (χ1n) is 11.3. The number of amides is 1. The highest BCUT2D eigenvalue weighted by molar-refractivity contribution is 5.95. The second-order valence-electron chi connectivity index (χ2n) is 8.70. The molecule has 0 bridgehead atoms. The molecule has 170 valence electrons. The van der Waals surface area contributed by atoms with E-state index in [1.807, 2.05) is 55.5 Å². The Morgan fingerprint density at radius 2 is 1.97 bits per heavy atom. The number of nitrogens with one attached hydrogen (secondary N) is 1. The predicted molar refractivity (Wildman–Crippen MR) is 126 cm³/mol. The molecular weight excluding hydrogens is 416 g/mol. The second kappa shape index (κ2) is 9.15. The third kappa shape index (κ3) is 4.66. The maximum atomic E-state index is 12.9. The molecule has 0 spiro atoms. The summed E-state index contributed by atoms with van der Waals surface area (Å²) in [7, 11) is 3.84. The number of pyridine rings is 2. The highest BCUT2D eigenvalue weighted by atomic mass is 16.5. The lowest BCUT2D eigenvalue weighted by Gasteiger charge is -2.22. The Morgan fingerprint density at radius 3 is 2.70 bits per heavy atom. The summed E-state index contributed by atoms with van der Waals surface area (Å²) in [5, 5.41) is 8.54. The molecule has 1 saturated heterocycles. The average Bonchev–Trinajstić information content (AvgIpc) is 3.44. The Hall–Kier alpha value is -3.52. The van der Waals surface area contributed by atoms with Gasteiger partial charge in [0.05, 0.1) is 5.69 Å². The maximum Gasteiger partial charge on any atom is 0.269 e. The molecular formula is C25H28N6O2. The average molecular weight is 445 g/mol. The van der Waals surface area contributed by atoms with E-state index in [1.54, 1.807) is 4.68 Å². The van der Waals surface area contributed by atoms with Gasteiger partial charge in [0.15, 0.2) is 0 Å². The summed E-state index contributed by atoms with van der Waals surface area (Å²) >= 11 is 0. The van der Waals surface area contributed by atoms with Crippen LogP contribution < -0.4 is 5.32 Å². The Kier molecular flexibility index (Phi) is 5.92. The quantitative estimate of drug-likeness (QED) is 0.494. The van der Waals surface area contributed by atoms with E-state index in [0.717, 1.165) is 59.6 Å². The zero-order valence-corrected chi connectivity index (χ0v) is 19.0. The summed E-state index contributed by atoms with van der Waals surface area (Å²) in [6.45, 7) is 2.19. The Morgan fingerprint density at radius 1 is 1.12 bits per heavy atom. The SMILES string of the molecule is Cn1ccc(-c2ccc(Cc3cc(C(=O)NCC4CCOCC4)nc4c3ccn4C)cn2)n1. The first-order valence-corrected chi connectivity index (χ1v) is 11.3. The molecule has 1 aliphatic heterocycles.